The van der Waals surface area contributed by atoms with Crippen LogP contribution in [0.4, 0.5) is 0 Å². The largest absolute Gasteiger partial charge is 0.271 e. The van der Waals surface area contributed by atoms with Crippen molar-refractivity contribution in [2.45, 2.75) is 19.4 Å². The molecule has 2 aliphatic carbocycles. The molecule has 1 aromatic heterocycles. The van der Waals surface area contributed by atoms with Gasteiger partial charge in [0.2, 0.25) is 5.82 Å². The Kier molecular flexibility index (Phi) is 3.45. The molecule has 0 bridgehead atoms. The van der Waals surface area contributed by atoms with Crippen LogP contribution in [0.15, 0.2) is 47.6 Å². The van der Waals surface area contributed by atoms with Crippen LogP contribution in [0.1, 0.15) is 12.8 Å². The second-order valence-corrected chi connectivity index (χ2v) is 5.79. The predicted molar refractivity (Wildman–Crippen MR) is 84.2 cm³/mol. The topological polar surface area (TPSA) is 85.1 Å². The molecule has 7 nitrogen and oxygen atoms in total. The number of hydrogen-bond acceptors (Lipinski definition) is 5. The van der Waals surface area contributed by atoms with E-state index in [0.717, 1.165) is 24.1 Å². The van der Waals surface area contributed by atoms with Crippen LogP contribution in [0.3, 0.4) is 0 Å². The summed E-state index contributed by atoms with van der Waals surface area (Å²) >= 11 is 0. The van der Waals surface area contributed by atoms with E-state index in [1.54, 1.807) is 0 Å². The van der Waals surface area contributed by atoms with Gasteiger partial charge in [0.05, 0.1) is 0 Å². The summed E-state index contributed by atoms with van der Waals surface area (Å²) in [5.41, 5.74) is 4.53. The van der Waals surface area contributed by atoms with Crippen LogP contribution in [0.2, 0.25) is 0 Å². The fourth-order valence-corrected chi connectivity index (χ4v) is 2.97. The van der Waals surface area contributed by atoms with E-state index >= 15 is 0 Å². The van der Waals surface area contributed by atoms with Gasteiger partial charge in [-0.1, -0.05) is 42.5 Å². The third-order valence-corrected chi connectivity index (χ3v) is 4.26. The van der Waals surface area contributed by atoms with Gasteiger partial charge in [0, 0.05) is 17.2 Å². The SMILES string of the molecule is O=C(Cn1nnc(-c2ccccc2)n1)N/N=C1/C[C@@H]2C=CC[C@H]12. The maximum atomic E-state index is 11.9. The normalized spacial score (nSPS) is 23.6. The number of carbonyl (C=O) groups is 1. The first-order chi connectivity index (χ1) is 11.3. The van der Waals surface area contributed by atoms with Crippen molar-refractivity contribution in [2.75, 3.05) is 0 Å². The summed E-state index contributed by atoms with van der Waals surface area (Å²) in [7, 11) is 0. The van der Waals surface area contributed by atoms with E-state index in [9.17, 15) is 4.79 Å². The predicted octanol–water partition coefficient (Wildman–Crippen LogP) is 1.41. The molecule has 4 rings (SSSR count). The quantitative estimate of drug-likeness (QED) is 0.683. The molecular formula is C16H16N6O. The first-order valence-corrected chi connectivity index (χ1v) is 7.65. The van der Waals surface area contributed by atoms with Gasteiger partial charge in [-0.05, 0) is 24.0 Å². The molecule has 1 heterocycles. The number of amides is 1. The molecule has 1 aromatic carbocycles. The number of hydrazone groups is 1. The Balaban J connectivity index is 1.34. The Labute approximate surface area is 133 Å². The van der Waals surface area contributed by atoms with E-state index in [2.05, 4.69) is 38.1 Å². The third kappa shape index (κ3) is 2.77. The van der Waals surface area contributed by atoms with Gasteiger partial charge < -0.3 is 0 Å². The minimum Gasteiger partial charge on any atom is -0.271 e. The number of fused-ring (bicyclic) bond motifs is 1. The summed E-state index contributed by atoms with van der Waals surface area (Å²) in [5.74, 6) is 1.37. The van der Waals surface area contributed by atoms with Crippen LogP contribution in [0, 0.1) is 11.8 Å². The van der Waals surface area contributed by atoms with Crippen LogP contribution in [-0.4, -0.2) is 31.8 Å². The highest BCUT2D eigenvalue weighted by Crippen LogP contribution is 2.39. The summed E-state index contributed by atoms with van der Waals surface area (Å²) < 4.78 is 0. The summed E-state index contributed by atoms with van der Waals surface area (Å²) in [4.78, 5) is 13.2. The van der Waals surface area contributed by atoms with E-state index in [4.69, 9.17) is 0 Å². The summed E-state index contributed by atoms with van der Waals surface area (Å²) in [6.07, 6.45) is 6.39. The number of benzene rings is 1. The van der Waals surface area contributed by atoms with Crippen molar-refractivity contribution in [1.82, 2.24) is 25.6 Å². The highest BCUT2D eigenvalue weighted by Gasteiger charge is 2.37. The maximum absolute atomic E-state index is 11.9. The minimum atomic E-state index is -0.246. The van der Waals surface area contributed by atoms with Crippen molar-refractivity contribution in [2.24, 2.45) is 16.9 Å². The zero-order valence-electron chi connectivity index (χ0n) is 12.5. The van der Waals surface area contributed by atoms with Crippen molar-refractivity contribution in [3.05, 3.63) is 42.5 Å². The molecular weight excluding hydrogens is 292 g/mol. The second kappa shape index (κ2) is 5.75. The fraction of sp³-hybridized carbons (Fsp3) is 0.312. The van der Waals surface area contributed by atoms with Gasteiger partial charge >= 0.3 is 0 Å². The van der Waals surface area contributed by atoms with Gasteiger partial charge in [-0.15, -0.1) is 10.2 Å². The third-order valence-electron chi connectivity index (χ3n) is 4.26. The number of carbonyl (C=O) groups excluding carboxylic acids is 1. The van der Waals surface area contributed by atoms with Crippen LogP contribution in [0.25, 0.3) is 11.4 Å². The van der Waals surface area contributed by atoms with Crippen molar-refractivity contribution in [3.63, 3.8) is 0 Å². The van der Waals surface area contributed by atoms with Crippen LogP contribution in [0.5, 0.6) is 0 Å². The Bertz CT molecular complexity index is 779. The van der Waals surface area contributed by atoms with Gasteiger partial charge in [0.15, 0.2) is 0 Å². The average molecular weight is 308 g/mol. The highest BCUT2D eigenvalue weighted by molar-refractivity contribution is 5.94. The summed E-state index contributed by atoms with van der Waals surface area (Å²) in [6.45, 7) is 0.00294. The Morgan fingerprint density at radius 3 is 3.04 bits per heavy atom. The van der Waals surface area contributed by atoms with Crippen LogP contribution in [-0.2, 0) is 11.3 Å². The lowest BCUT2D eigenvalue weighted by molar-refractivity contribution is -0.122. The highest BCUT2D eigenvalue weighted by atomic mass is 16.2. The number of aromatic nitrogens is 4. The van der Waals surface area contributed by atoms with E-state index in [1.807, 2.05) is 30.3 Å². The molecule has 1 N–H and O–H groups in total. The maximum Gasteiger partial charge on any atom is 0.263 e. The molecule has 116 valence electrons. The second-order valence-electron chi connectivity index (χ2n) is 5.79. The van der Waals surface area contributed by atoms with Crippen LogP contribution < -0.4 is 5.43 Å². The Morgan fingerprint density at radius 1 is 1.35 bits per heavy atom. The Hall–Kier alpha value is -2.83. The lowest BCUT2D eigenvalue weighted by atomic mass is 9.74. The molecule has 1 amide bonds. The van der Waals surface area contributed by atoms with E-state index in [0.29, 0.717) is 17.7 Å². The van der Waals surface area contributed by atoms with E-state index < -0.39 is 0 Å². The molecule has 0 unspecified atom stereocenters. The molecule has 0 aliphatic heterocycles. The fourth-order valence-electron chi connectivity index (χ4n) is 2.97. The lowest BCUT2D eigenvalue weighted by Crippen LogP contribution is -2.36. The van der Waals surface area contributed by atoms with Crippen molar-refractivity contribution in [1.29, 1.82) is 0 Å². The molecule has 7 heteroatoms. The molecule has 1 fully saturated rings. The van der Waals surface area contributed by atoms with E-state index in [-0.39, 0.29) is 12.5 Å². The standard InChI is InChI=1S/C16H16N6O/c23-15(18-17-14-9-12-7-4-8-13(12)14)10-22-20-16(19-21-22)11-5-2-1-3-6-11/h1-7,12-13H,8-10H2,(H,18,23)/b17-14-/t12-,13-/m0/s1. The average Bonchev–Trinajstić information content (AvgIpc) is 3.16. The monoisotopic (exact) mass is 308 g/mol. The number of nitrogens with zero attached hydrogens (tertiary/aromatic N) is 5. The molecule has 2 atom stereocenters. The first kappa shape index (κ1) is 13.8. The van der Waals surface area contributed by atoms with Gasteiger partial charge in [-0.3, -0.25) is 4.79 Å². The van der Waals surface area contributed by atoms with Gasteiger partial charge in [0.25, 0.3) is 5.91 Å². The molecule has 0 radical (unpaired) electrons. The van der Waals surface area contributed by atoms with Crippen molar-refractivity contribution in [3.8, 4) is 11.4 Å². The van der Waals surface area contributed by atoms with Crippen molar-refractivity contribution < 1.29 is 4.79 Å². The molecule has 2 aromatic rings. The van der Waals surface area contributed by atoms with Gasteiger partial charge in [-0.2, -0.15) is 9.90 Å². The summed E-state index contributed by atoms with van der Waals surface area (Å²) in [6, 6.07) is 9.53. The van der Waals surface area contributed by atoms with Crippen LogP contribution >= 0.6 is 0 Å². The number of hydrogen-bond donors (Lipinski definition) is 1. The molecule has 0 saturated heterocycles. The molecule has 23 heavy (non-hydrogen) atoms. The number of nitrogens with one attached hydrogen (secondary N) is 1. The van der Waals surface area contributed by atoms with E-state index in [1.165, 1.54) is 4.80 Å². The number of allylic oxidation sites excluding steroid dienone is 2. The first-order valence-electron chi connectivity index (χ1n) is 7.65. The molecule has 1 saturated carbocycles. The molecule has 0 spiro atoms. The van der Waals surface area contributed by atoms with Crippen molar-refractivity contribution >= 4 is 11.6 Å². The molecule has 2 aliphatic rings. The number of tetrazole rings is 1. The number of rotatable bonds is 4. The Morgan fingerprint density at radius 2 is 2.22 bits per heavy atom. The zero-order valence-corrected chi connectivity index (χ0v) is 12.5. The lowest BCUT2D eigenvalue weighted by Gasteiger charge is -2.31. The smallest absolute Gasteiger partial charge is 0.263 e. The summed E-state index contributed by atoms with van der Waals surface area (Å²) in [5, 5.41) is 16.3. The zero-order chi connectivity index (χ0) is 15.6. The minimum absolute atomic E-state index is 0.00294. The van der Waals surface area contributed by atoms with Gasteiger partial charge in [0.1, 0.15) is 6.54 Å². The van der Waals surface area contributed by atoms with Gasteiger partial charge in [-0.25, -0.2) is 5.43 Å².